The molecule has 0 spiro atoms. The summed E-state index contributed by atoms with van der Waals surface area (Å²) in [5.41, 5.74) is 1.33. The Labute approximate surface area is 200 Å². The number of amides is 1. The number of ether oxygens (including phenoxy) is 1. The Kier molecular flexibility index (Phi) is 5.73. The van der Waals surface area contributed by atoms with Crippen LogP contribution in [0.15, 0.2) is 56.6 Å². The minimum Gasteiger partial charge on any atom is -0.441 e. The lowest BCUT2D eigenvalue weighted by Gasteiger charge is -2.26. The van der Waals surface area contributed by atoms with Crippen LogP contribution >= 0.6 is 24.0 Å². The Morgan fingerprint density at radius 2 is 1.79 bits per heavy atom. The van der Waals surface area contributed by atoms with Gasteiger partial charge >= 0.3 is 0 Å². The van der Waals surface area contributed by atoms with Gasteiger partial charge in [0.15, 0.2) is 10.2 Å². The van der Waals surface area contributed by atoms with Crippen LogP contribution in [-0.2, 0) is 16.6 Å². The van der Waals surface area contributed by atoms with Gasteiger partial charge in [-0.3, -0.25) is 19.2 Å². The number of para-hydroxylation sites is 1. The molecule has 0 saturated carbocycles. The SMILES string of the molecule is Cc1c(N2C(=O)/C(=C/c3ccc(N4CCOCC4)o3)SC2=S)c(=O)n(-c2ccccc2)n1C. The fourth-order valence-corrected chi connectivity index (χ4v) is 5.23. The Bertz CT molecular complexity index is 1320. The number of rotatable bonds is 4. The second-order valence-electron chi connectivity index (χ2n) is 7.70. The van der Waals surface area contributed by atoms with E-state index in [0.717, 1.165) is 30.7 Å². The monoisotopic (exact) mass is 482 g/mol. The predicted octanol–water partition coefficient (Wildman–Crippen LogP) is 3.32. The van der Waals surface area contributed by atoms with Crippen molar-refractivity contribution in [2.24, 2.45) is 7.05 Å². The van der Waals surface area contributed by atoms with Crippen molar-refractivity contribution in [2.75, 3.05) is 36.1 Å². The molecular weight excluding hydrogens is 460 g/mol. The molecule has 33 heavy (non-hydrogen) atoms. The van der Waals surface area contributed by atoms with E-state index in [0.29, 0.717) is 39.6 Å². The highest BCUT2D eigenvalue weighted by atomic mass is 32.2. The molecule has 0 atom stereocenters. The number of nitrogens with zero attached hydrogens (tertiary/aromatic N) is 4. The van der Waals surface area contributed by atoms with Crippen molar-refractivity contribution in [3.8, 4) is 5.69 Å². The van der Waals surface area contributed by atoms with Gasteiger partial charge in [0.25, 0.3) is 11.5 Å². The average Bonchev–Trinajstić information content (AvgIpc) is 3.46. The molecule has 8 nitrogen and oxygen atoms in total. The number of carbonyl (C=O) groups excluding carboxylic acids is 1. The van der Waals surface area contributed by atoms with E-state index in [4.69, 9.17) is 21.4 Å². The molecule has 4 heterocycles. The number of anilines is 2. The molecule has 2 fully saturated rings. The first-order valence-electron chi connectivity index (χ1n) is 10.5. The van der Waals surface area contributed by atoms with Gasteiger partial charge in [-0.25, -0.2) is 4.68 Å². The summed E-state index contributed by atoms with van der Waals surface area (Å²) >= 11 is 6.67. The summed E-state index contributed by atoms with van der Waals surface area (Å²) in [5.74, 6) is 0.966. The second kappa shape index (κ2) is 8.69. The first-order valence-corrected chi connectivity index (χ1v) is 11.7. The van der Waals surface area contributed by atoms with Crippen LogP contribution in [0.25, 0.3) is 11.8 Å². The second-order valence-corrected chi connectivity index (χ2v) is 9.38. The van der Waals surface area contributed by atoms with Crippen LogP contribution in [0.2, 0.25) is 0 Å². The summed E-state index contributed by atoms with van der Waals surface area (Å²) in [7, 11) is 1.79. The number of carbonyl (C=O) groups is 1. The van der Waals surface area contributed by atoms with Gasteiger partial charge in [-0.1, -0.05) is 42.2 Å². The average molecular weight is 483 g/mol. The quantitative estimate of drug-likeness (QED) is 0.417. The molecule has 170 valence electrons. The Morgan fingerprint density at radius 1 is 1.06 bits per heavy atom. The number of aromatic nitrogens is 2. The van der Waals surface area contributed by atoms with Crippen LogP contribution in [-0.4, -0.2) is 45.9 Å². The van der Waals surface area contributed by atoms with Crippen molar-refractivity contribution in [3.63, 3.8) is 0 Å². The lowest BCUT2D eigenvalue weighted by atomic mass is 10.3. The molecule has 0 N–H and O–H groups in total. The number of furan rings is 1. The predicted molar refractivity (Wildman–Crippen MR) is 133 cm³/mol. The Hall–Kier alpha value is -3.08. The summed E-state index contributed by atoms with van der Waals surface area (Å²) in [6.07, 6.45) is 1.68. The third kappa shape index (κ3) is 3.84. The van der Waals surface area contributed by atoms with Gasteiger partial charge in [0, 0.05) is 32.3 Å². The van der Waals surface area contributed by atoms with Gasteiger partial charge in [-0.2, -0.15) is 0 Å². The third-order valence-corrected chi connectivity index (χ3v) is 7.05. The smallest absolute Gasteiger partial charge is 0.296 e. The van der Waals surface area contributed by atoms with Crippen molar-refractivity contribution < 1.29 is 13.9 Å². The maximum Gasteiger partial charge on any atom is 0.296 e. The largest absolute Gasteiger partial charge is 0.441 e. The van der Waals surface area contributed by atoms with Crippen LogP contribution in [0.1, 0.15) is 11.5 Å². The summed E-state index contributed by atoms with van der Waals surface area (Å²) in [5, 5.41) is 0. The molecule has 0 unspecified atom stereocenters. The van der Waals surface area contributed by atoms with Crippen molar-refractivity contribution in [3.05, 3.63) is 69.2 Å². The van der Waals surface area contributed by atoms with E-state index in [1.807, 2.05) is 42.5 Å². The molecule has 1 amide bonds. The van der Waals surface area contributed by atoms with Gasteiger partial charge < -0.3 is 14.1 Å². The minimum atomic E-state index is -0.333. The highest BCUT2D eigenvalue weighted by molar-refractivity contribution is 8.27. The normalized spacial score (nSPS) is 18.1. The van der Waals surface area contributed by atoms with E-state index in [9.17, 15) is 9.59 Å². The first-order chi connectivity index (χ1) is 16.0. The molecule has 3 aromatic rings. The number of thiocarbonyl (C=S) groups is 1. The highest BCUT2D eigenvalue weighted by Gasteiger charge is 2.38. The zero-order chi connectivity index (χ0) is 23.1. The van der Waals surface area contributed by atoms with E-state index in [-0.39, 0.29) is 17.2 Å². The van der Waals surface area contributed by atoms with E-state index in [1.165, 1.54) is 9.58 Å². The molecule has 2 aromatic heterocycles. The third-order valence-electron chi connectivity index (χ3n) is 5.75. The van der Waals surface area contributed by atoms with Gasteiger partial charge in [0.05, 0.1) is 29.5 Å². The van der Waals surface area contributed by atoms with Crippen LogP contribution in [0.3, 0.4) is 0 Å². The number of hydrogen-bond donors (Lipinski definition) is 0. The minimum absolute atomic E-state index is 0.265. The van der Waals surface area contributed by atoms with Crippen LogP contribution in [0, 0.1) is 6.92 Å². The number of benzene rings is 1. The molecule has 0 radical (unpaired) electrons. The zero-order valence-corrected chi connectivity index (χ0v) is 19.8. The van der Waals surface area contributed by atoms with Crippen molar-refractivity contribution >= 4 is 51.9 Å². The maximum absolute atomic E-state index is 13.4. The first kappa shape index (κ1) is 21.7. The molecule has 0 bridgehead atoms. The van der Waals surface area contributed by atoms with E-state index in [2.05, 4.69) is 4.90 Å². The lowest BCUT2D eigenvalue weighted by Crippen LogP contribution is -2.35. The van der Waals surface area contributed by atoms with Crippen molar-refractivity contribution in [1.29, 1.82) is 0 Å². The van der Waals surface area contributed by atoms with E-state index in [1.54, 1.807) is 24.7 Å². The summed E-state index contributed by atoms with van der Waals surface area (Å²) in [6.45, 7) is 4.64. The highest BCUT2D eigenvalue weighted by Crippen LogP contribution is 2.37. The molecule has 5 rings (SSSR count). The Balaban J connectivity index is 1.46. The maximum atomic E-state index is 13.4. The topological polar surface area (TPSA) is 72.8 Å². The molecular formula is C23H22N4O4S2. The molecule has 1 aromatic carbocycles. The van der Waals surface area contributed by atoms with Crippen molar-refractivity contribution in [1.82, 2.24) is 9.36 Å². The van der Waals surface area contributed by atoms with Gasteiger partial charge in [-0.15, -0.1) is 0 Å². The van der Waals surface area contributed by atoms with E-state index >= 15 is 0 Å². The number of hydrogen-bond acceptors (Lipinski definition) is 7. The Morgan fingerprint density at radius 3 is 2.52 bits per heavy atom. The fraction of sp³-hybridized carbons (Fsp3) is 0.261. The number of thioether (sulfide) groups is 1. The standard InChI is InChI=1S/C23H22N4O4S2/c1-15-20(22(29)27(24(15)2)16-6-4-3-5-7-16)26-21(28)18(33-23(26)32)14-17-8-9-19(31-17)25-10-12-30-13-11-25/h3-9,14H,10-13H2,1-2H3/b18-14-. The molecule has 10 heteroatoms. The van der Waals surface area contributed by atoms with Gasteiger partial charge in [0.2, 0.25) is 0 Å². The lowest BCUT2D eigenvalue weighted by molar-refractivity contribution is -0.113. The summed E-state index contributed by atoms with van der Waals surface area (Å²) < 4.78 is 14.9. The van der Waals surface area contributed by atoms with Crippen LogP contribution in [0.5, 0.6) is 0 Å². The molecule has 2 saturated heterocycles. The molecule has 0 aliphatic carbocycles. The van der Waals surface area contributed by atoms with Gasteiger partial charge in [-0.05, 0) is 25.1 Å². The molecule has 2 aliphatic heterocycles. The van der Waals surface area contributed by atoms with E-state index < -0.39 is 0 Å². The fourth-order valence-electron chi connectivity index (χ4n) is 3.97. The van der Waals surface area contributed by atoms with Crippen LogP contribution < -0.4 is 15.4 Å². The number of morpholine rings is 1. The summed E-state index contributed by atoms with van der Waals surface area (Å²) in [4.78, 5) is 30.5. The molecule has 2 aliphatic rings. The van der Waals surface area contributed by atoms with Gasteiger partial charge in [0.1, 0.15) is 11.4 Å². The van der Waals surface area contributed by atoms with Crippen LogP contribution in [0.4, 0.5) is 11.6 Å². The summed E-state index contributed by atoms with van der Waals surface area (Å²) in [6, 6.07) is 13.0. The van der Waals surface area contributed by atoms with Crippen molar-refractivity contribution in [2.45, 2.75) is 6.92 Å². The zero-order valence-electron chi connectivity index (χ0n) is 18.2.